The van der Waals surface area contributed by atoms with Crippen LogP contribution in [-0.2, 0) is 14.7 Å². The molecule has 0 N–H and O–H groups in total. The first-order valence-electron chi connectivity index (χ1n) is 3.18. The molecule has 0 radical (unpaired) electrons. The number of rotatable bonds is 0. The third-order valence-corrected chi connectivity index (χ3v) is 4.32. The predicted molar refractivity (Wildman–Crippen MR) is 43.4 cm³/mol. The SMILES string of the molecule is O=S1(=O)CC2ON=C(Br)C2C1. The summed E-state index contributed by atoms with van der Waals surface area (Å²) in [7, 11) is -2.87. The van der Waals surface area contributed by atoms with E-state index in [1.165, 1.54) is 0 Å². The quantitative estimate of drug-likeness (QED) is 0.605. The number of hydrogen-bond acceptors (Lipinski definition) is 4. The van der Waals surface area contributed by atoms with E-state index in [1.807, 2.05) is 0 Å². The van der Waals surface area contributed by atoms with Crippen LogP contribution < -0.4 is 0 Å². The van der Waals surface area contributed by atoms with Crippen molar-refractivity contribution in [2.75, 3.05) is 11.5 Å². The van der Waals surface area contributed by atoms with Crippen LogP contribution in [-0.4, -0.2) is 30.6 Å². The Bertz CT molecular complexity index is 310. The molecule has 2 aliphatic rings. The van der Waals surface area contributed by atoms with Crippen molar-refractivity contribution in [3.05, 3.63) is 0 Å². The van der Waals surface area contributed by atoms with Crippen LogP contribution in [0.3, 0.4) is 0 Å². The number of fused-ring (bicyclic) bond motifs is 1. The Balaban J connectivity index is 2.29. The third-order valence-electron chi connectivity index (χ3n) is 1.88. The minimum Gasteiger partial charge on any atom is -0.390 e. The molecule has 2 atom stereocenters. The summed E-state index contributed by atoms with van der Waals surface area (Å²) in [6.45, 7) is 0. The Labute approximate surface area is 72.6 Å². The molecule has 11 heavy (non-hydrogen) atoms. The van der Waals surface area contributed by atoms with Gasteiger partial charge in [-0.2, -0.15) is 0 Å². The lowest BCUT2D eigenvalue weighted by atomic mass is 10.1. The van der Waals surface area contributed by atoms with Crippen LogP contribution in [0.2, 0.25) is 0 Å². The molecule has 4 nitrogen and oxygen atoms in total. The average molecular weight is 240 g/mol. The van der Waals surface area contributed by atoms with Gasteiger partial charge in [0.05, 0.1) is 17.4 Å². The largest absolute Gasteiger partial charge is 0.390 e. The second-order valence-corrected chi connectivity index (χ2v) is 5.71. The molecule has 0 aromatic rings. The van der Waals surface area contributed by atoms with E-state index in [4.69, 9.17) is 4.84 Å². The van der Waals surface area contributed by atoms with Gasteiger partial charge in [0, 0.05) is 0 Å². The van der Waals surface area contributed by atoms with E-state index in [0.717, 1.165) is 0 Å². The van der Waals surface area contributed by atoms with Crippen LogP contribution in [0.15, 0.2) is 5.16 Å². The monoisotopic (exact) mass is 239 g/mol. The minimum absolute atomic E-state index is 0.0556. The number of nitrogens with zero attached hydrogens (tertiary/aromatic N) is 1. The lowest BCUT2D eigenvalue weighted by Gasteiger charge is -2.01. The van der Waals surface area contributed by atoms with Crippen molar-refractivity contribution in [3.63, 3.8) is 0 Å². The molecule has 6 heteroatoms. The van der Waals surface area contributed by atoms with Gasteiger partial charge in [-0.3, -0.25) is 0 Å². The molecule has 0 amide bonds. The molecule has 0 aromatic heterocycles. The molecule has 2 heterocycles. The van der Waals surface area contributed by atoms with Crippen molar-refractivity contribution >= 4 is 30.4 Å². The van der Waals surface area contributed by atoms with E-state index in [2.05, 4.69) is 21.1 Å². The summed E-state index contributed by atoms with van der Waals surface area (Å²) in [5.41, 5.74) is 0. The lowest BCUT2D eigenvalue weighted by molar-refractivity contribution is 0.0882. The van der Waals surface area contributed by atoms with Gasteiger partial charge in [0.25, 0.3) is 0 Å². The topological polar surface area (TPSA) is 55.7 Å². The van der Waals surface area contributed by atoms with Crippen molar-refractivity contribution < 1.29 is 13.3 Å². The summed E-state index contributed by atoms with van der Waals surface area (Å²) in [5, 5.41) is 3.66. The average Bonchev–Trinajstić information content (AvgIpc) is 2.31. The van der Waals surface area contributed by atoms with Crippen LogP contribution in [0.25, 0.3) is 0 Å². The maximum absolute atomic E-state index is 11.0. The minimum atomic E-state index is -2.87. The molecule has 1 saturated heterocycles. The first-order valence-corrected chi connectivity index (χ1v) is 5.79. The zero-order valence-electron chi connectivity index (χ0n) is 5.53. The van der Waals surface area contributed by atoms with Gasteiger partial charge in [-0.1, -0.05) is 5.16 Å². The molecule has 1 fully saturated rings. The highest BCUT2D eigenvalue weighted by Crippen LogP contribution is 2.30. The Morgan fingerprint density at radius 2 is 2.27 bits per heavy atom. The highest BCUT2D eigenvalue weighted by Gasteiger charge is 2.45. The smallest absolute Gasteiger partial charge is 0.154 e. The van der Waals surface area contributed by atoms with Gasteiger partial charge < -0.3 is 4.84 Å². The predicted octanol–water partition coefficient (Wildman–Crippen LogP) is 0.138. The molecule has 0 saturated carbocycles. The lowest BCUT2D eigenvalue weighted by Crippen LogP contribution is -2.17. The normalized spacial score (nSPS) is 39.5. The molecule has 2 rings (SSSR count). The van der Waals surface area contributed by atoms with E-state index >= 15 is 0 Å². The number of hydrogen-bond donors (Lipinski definition) is 0. The van der Waals surface area contributed by atoms with Gasteiger partial charge in [-0.25, -0.2) is 8.42 Å². The first-order chi connectivity index (χ1) is 5.08. The van der Waals surface area contributed by atoms with Crippen molar-refractivity contribution in [1.82, 2.24) is 0 Å². The summed E-state index contributed by atoms with van der Waals surface area (Å²) in [6, 6.07) is 0. The fourth-order valence-corrected chi connectivity index (χ4v) is 3.93. The number of sulfone groups is 1. The highest BCUT2D eigenvalue weighted by atomic mass is 79.9. The van der Waals surface area contributed by atoms with Gasteiger partial charge in [0.2, 0.25) is 0 Å². The second kappa shape index (κ2) is 2.20. The van der Waals surface area contributed by atoms with Gasteiger partial charge >= 0.3 is 0 Å². The fourth-order valence-electron chi connectivity index (χ4n) is 1.33. The van der Waals surface area contributed by atoms with Crippen molar-refractivity contribution in [1.29, 1.82) is 0 Å². The molecular weight excluding hydrogens is 234 g/mol. The van der Waals surface area contributed by atoms with Gasteiger partial charge in [-0.15, -0.1) is 0 Å². The maximum atomic E-state index is 11.0. The molecule has 0 bridgehead atoms. The first kappa shape index (κ1) is 7.54. The van der Waals surface area contributed by atoms with Gasteiger partial charge in [-0.05, 0) is 15.9 Å². The third kappa shape index (κ3) is 1.18. The second-order valence-electron chi connectivity index (χ2n) is 2.74. The van der Waals surface area contributed by atoms with Crippen LogP contribution in [0.4, 0.5) is 0 Å². The van der Waals surface area contributed by atoms with Gasteiger partial charge in [0.15, 0.2) is 15.9 Å². The standard InChI is InChI=1S/C5H6BrNO3S/c6-5-3-1-11(8,9)2-4(3)10-7-5/h3-4H,1-2H2. The van der Waals surface area contributed by atoms with E-state index in [-0.39, 0.29) is 23.5 Å². The number of halogens is 1. The van der Waals surface area contributed by atoms with E-state index in [1.54, 1.807) is 0 Å². The number of oxime groups is 1. The van der Waals surface area contributed by atoms with Crippen molar-refractivity contribution in [2.45, 2.75) is 6.10 Å². The van der Waals surface area contributed by atoms with Gasteiger partial charge in [0.1, 0.15) is 4.62 Å². The Hall–Kier alpha value is -0.100. The fraction of sp³-hybridized carbons (Fsp3) is 0.800. The summed E-state index contributed by atoms with van der Waals surface area (Å²) in [5.74, 6) is 0.220. The molecule has 62 valence electrons. The van der Waals surface area contributed by atoms with Crippen LogP contribution >= 0.6 is 15.9 Å². The zero-order chi connectivity index (χ0) is 8.06. The highest BCUT2D eigenvalue weighted by molar-refractivity contribution is 9.18. The Kier molecular flexibility index (Phi) is 1.51. The Morgan fingerprint density at radius 1 is 1.55 bits per heavy atom. The molecule has 0 aliphatic carbocycles. The van der Waals surface area contributed by atoms with E-state index in [0.29, 0.717) is 4.62 Å². The molecular formula is C5H6BrNO3S. The summed E-state index contributed by atoms with van der Waals surface area (Å²) >= 11 is 3.16. The van der Waals surface area contributed by atoms with Crippen molar-refractivity contribution in [2.24, 2.45) is 11.1 Å². The van der Waals surface area contributed by atoms with E-state index in [9.17, 15) is 8.42 Å². The summed E-state index contributed by atoms with van der Waals surface area (Å²) in [6.07, 6.45) is -0.241. The van der Waals surface area contributed by atoms with Crippen LogP contribution in [0, 0.1) is 5.92 Å². The van der Waals surface area contributed by atoms with Crippen LogP contribution in [0.1, 0.15) is 0 Å². The molecule has 0 aromatic carbocycles. The van der Waals surface area contributed by atoms with Crippen LogP contribution in [0.5, 0.6) is 0 Å². The molecule has 2 unspecified atom stereocenters. The van der Waals surface area contributed by atoms with E-state index < -0.39 is 9.84 Å². The molecule has 2 aliphatic heterocycles. The summed E-state index contributed by atoms with van der Waals surface area (Å²) in [4.78, 5) is 4.89. The maximum Gasteiger partial charge on any atom is 0.154 e. The zero-order valence-corrected chi connectivity index (χ0v) is 7.93. The van der Waals surface area contributed by atoms with Crippen molar-refractivity contribution in [3.8, 4) is 0 Å². The molecule has 0 spiro atoms. The Morgan fingerprint density at radius 3 is 2.91 bits per heavy atom. The summed E-state index contributed by atoms with van der Waals surface area (Å²) < 4.78 is 22.7.